The summed E-state index contributed by atoms with van der Waals surface area (Å²) in [4.78, 5) is 0. The Hall–Kier alpha value is -1.22. The van der Waals surface area contributed by atoms with Crippen molar-refractivity contribution in [2.75, 3.05) is 13.3 Å². The summed E-state index contributed by atoms with van der Waals surface area (Å²) in [5.41, 5.74) is 9.42. The van der Waals surface area contributed by atoms with Crippen LogP contribution in [0.5, 0.6) is 11.5 Å². The van der Waals surface area contributed by atoms with Crippen molar-refractivity contribution < 1.29 is 9.47 Å². The number of rotatable bonds is 3. The monoisotopic (exact) mass is 221 g/mol. The van der Waals surface area contributed by atoms with Crippen LogP contribution >= 0.6 is 0 Å². The molecule has 88 valence electrons. The van der Waals surface area contributed by atoms with Gasteiger partial charge in [-0.1, -0.05) is 6.92 Å². The normalized spacial score (nSPS) is 15.2. The van der Waals surface area contributed by atoms with Crippen molar-refractivity contribution in [2.24, 2.45) is 5.73 Å². The molecule has 0 fully saturated rings. The lowest BCUT2D eigenvalue weighted by Crippen LogP contribution is -2.06. The van der Waals surface area contributed by atoms with E-state index in [0.717, 1.165) is 17.9 Å². The summed E-state index contributed by atoms with van der Waals surface area (Å²) < 4.78 is 10.9. The van der Waals surface area contributed by atoms with Crippen molar-refractivity contribution in [1.29, 1.82) is 0 Å². The van der Waals surface area contributed by atoms with Gasteiger partial charge in [-0.3, -0.25) is 0 Å². The van der Waals surface area contributed by atoms with Crippen molar-refractivity contribution in [3.8, 4) is 11.5 Å². The van der Waals surface area contributed by atoms with Gasteiger partial charge in [-0.15, -0.1) is 0 Å². The number of benzene rings is 1. The first kappa shape index (κ1) is 11.3. The van der Waals surface area contributed by atoms with Gasteiger partial charge < -0.3 is 15.2 Å². The zero-order chi connectivity index (χ0) is 11.7. The van der Waals surface area contributed by atoms with Crippen LogP contribution < -0.4 is 15.2 Å². The van der Waals surface area contributed by atoms with E-state index in [-0.39, 0.29) is 0 Å². The first-order valence-electron chi connectivity index (χ1n) is 5.75. The van der Waals surface area contributed by atoms with Crippen LogP contribution in [0, 0.1) is 13.8 Å². The van der Waals surface area contributed by atoms with E-state index in [1.165, 1.54) is 16.7 Å². The molecule has 1 aliphatic rings. The lowest BCUT2D eigenvalue weighted by molar-refractivity contribution is 0.173. The molecule has 0 radical (unpaired) electrons. The van der Waals surface area contributed by atoms with Gasteiger partial charge in [-0.2, -0.15) is 0 Å². The van der Waals surface area contributed by atoms with Gasteiger partial charge in [0.2, 0.25) is 6.79 Å². The highest BCUT2D eigenvalue weighted by molar-refractivity contribution is 5.55. The Labute approximate surface area is 96.5 Å². The number of hydrogen-bond donors (Lipinski definition) is 1. The number of ether oxygens (including phenoxy) is 2. The van der Waals surface area contributed by atoms with Gasteiger partial charge >= 0.3 is 0 Å². The second-order valence-corrected chi connectivity index (χ2v) is 4.43. The van der Waals surface area contributed by atoms with Crippen LogP contribution in [0.2, 0.25) is 0 Å². The highest BCUT2D eigenvalue weighted by Crippen LogP contribution is 2.41. The van der Waals surface area contributed by atoms with Crippen molar-refractivity contribution in [2.45, 2.75) is 33.1 Å². The van der Waals surface area contributed by atoms with Crippen LogP contribution in [-0.2, 0) is 0 Å². The predicted octanol–water partition coefficient (Wildman–Crippen LogP) is 2.48. The second-order valence-electron chi connectivity index (χ2n) is 4.43. The van der Waals surface area contributed by atoms with E-state index in [4.69, 9.17) is 15.2 Å². The smallest absolute Gasteiger partial charge is 0.231 e. The molecule has 0 aliphatic carbocycles. The third kappa shape index (κ3) is 1.76. The van der Waals surface area contributed by atoms with Gasteiger partial charge in [0.25, 0.3) is 0 Å². The Balaban J connectivity index is 2.43. The van der Waals surface area contributed by atoms with E-state index < -0.39 is 0 Å². The largest absolute Gasteiger partial charge is 0.454 e. The van der Waals surface area contributed by atoms with Crippen molar-refractivity contribution in [1.82, 2.24) is 0 Å². The molecule has 0 saturated heterocycles. The van der Waals surface area contributed by atoms with Crippen LogP contribution in [0.3, 0.4) is 0 Å². The molecule has 0 aromatic heterocycles. The van der Waals surface area contributed by atoms with E-state index in [0.29, 0.717) is 19.3 Å². The summed E-state index contributed by atoms with van der Waals surface area (Å²) in [6, 6.07) is 2.10. The summed E-state index contributed by atoms with van der Waals surface area (Å²) in [5, 5.41) is 0. The van der Waals surface area contributed by atoms with Crippen molar-refractivity contribution in [3.63, 3.8) is 0 Å². The highest BCUT2D eigenvalue weighted by atomic mass is 16.7. The predicted molar refractivity (Wildman–Crippen MR) is 64.1 cm³/mol. The van der Waals surface area contributed by atoms with Gasteiger partial charge in [0.1, 0.15) is 0 Å². The average Bonchev–Trinajstić information content (AvgIpc) is 2.71. The molecule has 0 spiro atoms. The molecule has 16 heavy (non-hydrogen) atoms. The molecule has 0 amide bonds. The molecular formula is C13H19NO2. The fourth-order valence-corrected chi connectivity index (χ4v) is 2.24. The zero-order valence-electron chi connectivity index (χ0n) is 10.2. The Kier molecular flexibility index (Phi) is 3.06. The quantitative estimate of drug-likeness (QED) is 0.852. The summed E-state index contributed by atoms with van der Waals surface area (Å²) >= 11 is 0. The molecular weight excluding hydrogens is 202 g/mol. The SMILES string of the molecule is Cc1c(C(C)CCN)cc2c(c1C)OCO2. The first-order valence-corrected chi connectivity index (χ1v) is 5.75. The molecule has 1 unspecified atom stereocenters. The number of fused-ring (bicyclic) bond motifs is 1. The highest BCUT2D eigenvalue weighted by Gasteiger charge is 2.21. The summed E-state index contributed by atoms with van der Waals surface area (Å²) in [6.45, 7) is 7.48. The van der Waals surface area contributed by atoms with Crippen LogP contribution in [0.25, 0.3) is 0 Å². The van der Waals surface area contributed by atoms with Crippen LogP contribution in [0.4, 0.5) is 0 Å². The number of hydrogen-bond acceptors (Lipinski definition) is 3. The first-order chi connectivity index (χ1) is 7.65. The topological polar surface area (TPSA) is 44.5 Å². The Morgan fingerprint density at radius 3 is 2.75 bits per heavy atom. The minimum absolute atomic E-state index is 0.338. The van der Waals surface area contributed by atoms with Gasteiger partial charge in [-0.25, -0.2) is 0 Å². The van der Waals surface area contributed by atoms with Gasteiger partial charge in [0.15, 0.2) is 11.5 Å². The zero-order valence-corrected chi connectivity index (χ0v) is 10.2. The van der Waals surface area contributed by atoms with Gasteiger partial charge in [-0.05, 0) is 55.5 Å². The maximum Gasteiger partial charge on any atom is 0.231 e. The fourth-order valence-electron chi connectivity index (χ4n) is 2.24. The summed E-state index contributed by atoms with van der Waals surface area (Å²) in [6.07, 6.45) is 1.000. The third-order valence-corrected chi connectivity index (χ3v) is 3.39. The summed E-state index contributed by atoms with van der Waals surface area (Å²) in [5.74, 6) is 2.25. The lowest BCUT2D eigenvalue weighted by Gasteiger charge is -2.17. The van der Waals surface area contributed by atoms with Crippen LogP contribution in [-0.4, -0.2) is 13.3 Å². The van der Waals surface area contributed by atoms with E-state index in [9.17, 15) is 0 Å². The Morgan fingerprint density at radius 2 is 2.06 bits per heavy atom. The lowest BCUT2D eigenvalue weighted by atomic mass is 9.90. The minimum atomic E-state index is 0.338. The van der Waals surface area contributed by atoms with Crippen LogP contribution in [0.1, 0.15) is 36.0 Å². The van der Waals surface area contributed by atoms with E-state index in [1.54, 1.807) is 0 Å². The van der Waals surface area contributed by atoms with E-state index in [1.807, 2.05) is 0 Å². The molecule has 3 heteroatoms. The molecule has 0 saturated carbocycles. The average molecular weight is 221 g/mol. The maximum atomic E-state index is 5.61. The number of nitrogens with two attached hydrogens (primary N) is 1. The second kappa shape index (κ2) is 4.34. The van der Waals surface area contributed by atoms with Crippen molar-refractivity contribution >= 4 is 0 Å². The Morgan fingerprint density at radius 1 is 1.31 bits per heavy atom. The molecule has 1 heterocycles. The van der Waals surface area contributed by atoms with Gasteiger partial charge in [0, 0.05) is 0 Å². The molecule has 2 N–H and O–H groups in total. The maximum absolute atomic E-state index is 5.61. The Bertz CT molecular complexity index is 401. The molecule has 1 atom stereocenters. The molecule has 3 nitrogen and oxygen atoms in total. The van der Waals surface area contributed by atoms with E-state index >= 15 is 0 Å². The van der Waals surface area contributed by atoms with Gasteiger partial charge in [0.05, 0.1) is 0 Å². The molecule has 1 aromatic carbocycles. The standard InChI is InChI=1S/C13H19NO2/c1-8(4-5-14)11-6-12-13(16-7-15-12)10(3)9(11)2/h6,8H,4-5,7,14H2,1-3H3. The van der Waals surface area contributed by atoms with E-state index in [2.05, 4.69) is 26.8 Å². The third-order valence-electron chi connectivity index (χ3n) is 3.39. The molecule has 1 aliphatic heterocycles. The molecule has 0 bridgehead atoms. The van der Waals surface area contributed by atoms with Crippen LogP contribution in [0.15, 0.2) is 6.07 Å². The fraction of sp³-hybridized carbons (Fsp3) is 0.538. The minimum Gasteiger partial charge on any atom is -0.454 e. The molecule has 1 aromatic rings. The molecule has 2 rings (SSSR count). The van der Waals surface area contributed by atoms with Crippen molar-refractivity contribution in [3.05, 3.63) is 22.8 Å². The summed E-state index contributed by atoms with van der Waals surface area (Å²) in [7, 11) is 0.